The third kappa shape index (κ3) is 40.8. The van der Waals surface area contributed by atoms with Crippen LogP contribution in [0.1, 0.15) is 123 Å². The Morgan fingerprint density at radius 2 is 1.08 bits per heavy atom. The maximum absolute atomic E-state index is 12.6. The van der Waals surface area contributed by atoms with Crippen LogP contribution in [0, 0.1) is 0 Å². The topological polar surface area (TPSA) is 166 Å². The van der Waals surface area contributed by atoms with Crippen LogP contribution < -0.4 is 0 Å². The summed E-state index contributed by atoms with van der Waals surface area (Å²) in [4.78, 5) is 46.6. The summed E-state index contributed by atoms with van der Waals surface area (Å²) >= 11 is 0. The molecule has 0 bridgehead atoms. The standard InChI is InChI=1S/C48H73O11P/c1-3-5-7-8-9-10-11-12-13-14-15-16-17-18-21-25-28-31-35-39-48(53)59-46(43-58-60(54,55)57-41-45(51)40-49)42-56-47(52)38-34-30-27-24-22-19-20-23-26-29-33-37-44(50)36-32-6-4-2/h5,7,9-10,12-13,15-16,18-21,24,26-29,31,33,37,45-46,49,51H,3-4,6,8,11,14,17,22-23,25,30,32,34-36,38-43H2,1-2H3,(H,54,55)/b7-5-,10-9-,13-12-,16-15-,20-19-,21-18-,27-24-,29-26-,31-28-,37-33+/t45-,46+/m0/s1. The minimum Gasteiger partial charge on any atom is -0.462 e. The molecular weight excluding hydrogens is 783 g/mol. The number of rotatable bonds is 38. The Labute approximate surface area is 360 Å². The molecule has 0 aliphatic carbocycles. The van der Waals surface area contributed by atoms with Crippen LogP contribution in [-0.4, -0.2) is 71.5 Å². The number of carbonyl (C=O) groups is 3. The number of esters is 2. The molecule has 60 heavy (non-hydrogen) atoms. The number of ketones is 1. The first kappa shape index (κ1) is 56.0. The Kier molecular flexibility index (Phi) is 39.0. The third-order valence-corrected chi connectivity index (χ3v) is 9.04. The Bertz CT molecular complexity index is 1470. The molecule has 0 rings (SSSR count). The van der Waals surface area contributed by atoms with Crippen molar-refractivity contribution in [3.8, 4) is 0 Å². The van der Waals surface area contributed by atoms with Gasteiger partial charge in [-0.05, 0) is 83.1 Å². The van der Waals surface area contributed by atoms with Crippen molar-refractivity contribution < 1.29 is 52.6 Å². The highest BCUT2D eigenvalue weighted by atomic mass is 31.2. The van der Waals surface area contributed by atoms with Crippen LogP contribution >= 0.6 is 7.82 Å². The van der Waals surface area contributed by atoms with Crippen molar-refractivity contribution in [1.82, 2.24) is 0 Å². The Balaban J connectivity index is 4.59. The molecule has 0 aromatic carbocycles. The second-order valence-corrected chi connectivity index (χ2v) is 15.1. The molecule has 0 amide bonds. The van der Waals surface area contributed by atoms with Gasteiger partial charge >= 0.3 is 19.8 Å². The van der Waals surface area contributed by atoms with Crippen LogP contribution in [-0.2, 0) is 37.5 Å². The SMILES string of the molecule is CC/C=C\C/C=C\C/C=C\C/C=C\C/C=C\C/C=C\CCC(=O)O[C@H](COC(=O)CCC/C=C\C/C=C\C/C=C\C=C\C(=O)CCCCC)COP(=O)(O)OC[C@@H](O)CO. The second-order valence-electron chi connectivity index (χ2n) is 13.7. The fourth-order valence-electron chi connectivity index (χ4n) is 4.79. The summed E-state index contributed by atoms with van der Waals surface area (Å²) in [5.74, 6) is -0.985. The Hall–Kier alpha value is -3.96. The molecule has 0 aliphatic heterocycles. The van der Waals surface area contributed by atoms with Crippen molar-refractivity contribution in [3.05, 3.63) is 122 Å². The molecule has 0 aromatic heterocycles. The van der Waals surface area contributed by atoms with Gasteiger partial charge in [-0.3, -0.25) is 23.4 Å². The van der Waals surface area contributed by atoms with E-state index in [2.05, 4.69) is 73.1 Å². The van der Waals surface area contributed by atoms with E-state index < -0.39 is 58.4 Å². The summed E-state index contributed by atoms with van der Waals surface area (Å²) in [6, 6.07) is 0. The molecule has 12 heteroatoms. The van der Waals surface area contributed by atoms with Crippen molar-refractivity contribution >= 4 is 25.5 Å². The van der Waals surface area contributed by atoms with Gasteiger partial charge in [0.1, 0.15) is 12.7 Å². The zero-order valence-electron chi connectivity index (χ0n) is 36.1. The highest BCUT2D eigenvalue weighted by molar-refractivity contribution is 7.47. The van der Waals surface area contributed by atoms with E-state index in [0.29, 0.717) is 32.1 Å². The summed E-state index contributed by atoms with van der Waals surface area (Å²) in [6.45, 7) is 1.90. The first-order valence-corrected chi connectivity index (χ1v) is 22.9. The molecule has 0 saturated carbocycles. The molecule has 1 unspecified atom stereocenters. The van der Waals surface area contributed by atoms with Gasteiger partial charge in [-0.25, -0.2) is 4.57 Å². The average Bonchev–Trinajstić information content (AvgIpc) is 3.23. The van der Waals surface area contributed by atoms with Gasteiger partial charge in [0.05, 0.1) is 19.8 Å². The zero-order chi connectivity index (χ0) is 44.2. The fraction of sp³-hybridized carbons (Fsp3) is 0.521. The lowest BCUT2D eigenvalue weighted by atomic mass is 10.1. The predicted molar refractivity (Wildman–Crippen MR) is 242 cm³/mol. The highest BCUT2D eigenvalue weighted by Crippen LogP contribution is 2.43. The lowest BCUT2D eigenvalue weighted by Crippen LogP contribution is -2.29. The summed E-state index contributed by atoms with van der Waals surface area (Å²) < 4.78 is 32.5. The average molecular weight is 857 g/mol. The number of allylic oxidation sites excluding steroid dienone is 20. The van der Waals surface area contributed by atoms with Crippen LogP contribution in [0.4, 0.5) is 0 Å². The molecule has 0 fully saturated rings. The molecule has 3 N–H and O–H groups in total. The van der Waals surface area contributed by atoms with E-state index in [1.165, 1.54) is 0 Å². The van der Waals surface area contributed by atoms with Crippen molar-refractivity contribution in [2.24, 2.45) is 0 Å². The summed E-state index contributed by atoms with van der Waals surface area (Å²) in [5, 5.41) is 18.3. The second kappa shape index (κ2) is 41.8. The van der Waals surface area contributed by atoms with Crippen LogP contribution in [0.15, 0.2) is 122 Å². The number of carbonyl (C=O) groups excluding carboxylic acids is 3. The van der Waals surface area contributed by atoms with E-state index in [0.717, 1.165) is 64.2 Å². The van der Waals surface area contributed by atoms with Gasteiger partial charge in [-0.2, -0.15) is 0 Å². The predicted octanol–water partition coefficient (Wildman–Crippen LogP) is 10.7. The monoisotopic (exact) mass is 856 g/mol. The van der Waals surface area contributed by atoms with Crippen LogP contribution in [0.25, 0.3) is 0 Å². The molecule has 11 nitrogen and oxygen atoms in total. The smallest absolute Gasteiger partial charge is 0.462 e. The minimum absolute atomic E-state index is 0.0274. The fourth-order valence-corrected chi connectivity index (χ4v) is 5.58. The summed E-state index contributed by atoms with van der Waals surface area (Å²) in [6.07, 6.45) is 50.3. The van der Waals surface area contributed by atoms with Crippen LogP contribution in [0.3, 0.4) is 0 Å². The lowest BCUT2D eigenvalue weighted by Gasteiger charge is -2.20. The van der Waals surface area contributed by atoms with E-state index in [4.69, 9.17) is 19.1 Å². The van der Waals surface area contributed by atoms with Gasteiger partial charge < -0.3 is 24.6 Å². The molecule has 0 radical (unpaired) electrons. The van der Waals surface area contributed by atoms with Gasteiger partial charge in [0.25, 0.3) is 0 Å². The molecule has 336 valence electrons. The normalized spacial score (nSPS) is 14.9. The first-order valence-electron chi connectivity index (χ1n) is 21.4. The number of hydrogen-bond acceptors (Lipinski definition) is 10. The summed E-state index contributed by atoms with van der Waals surface area (Å²) in [7, 11) is -4.67. The lowest BCUT2D eigenvalue weighted by molar-refractivity contribution is -0.161. The molecule has 0 aromatic rings. The van der Waals surface area contributed by atoms with Gasteiger partial charge in [0.15, 0.2) is 11.9 Å². The Morgan fingerprint density at radius 1 is 0.567 bits per heavy atom. The van der Waals surface area contributed by atoms with Crippen molar-refractivity contribution in [2.75, 3.05) is 26.4 Å². The Morgan fingerprint density at radius 3 is 1.63 bits per heavy atom. The van der Waals surface area contributed by atoms with E-state index in [9.17, 15) is 28.9 Å². The first-order chi connectivity index (χ1) is 29.1. The minimum atomic E-state index is -4.67. The largest absolute Gasteiger partial charge is 0.472 e. The number of aliphatic hydroxyl groups excluding tert-OH is 2. The van der Waals surface area contributed by atoms with Crippen molar-refractivity contribution in [1.29, 1.82) is 0 Å². The number of unbranched alkanes of at least 4 members (excludes halogenated alkanes) is 3. The van der Waals surface area contributed by atoms with E-state index in [1.54, 1.807) is 12.2 Å². The van der Waals surface area contributed by atoms with Gasteiger partial charge in [0.2, 0.25) is 0 Å². The van der Waals surface area contributed by atoms with Crippen molar-refractivity contribution in [2.45, 2.75) is 135 Å². The number of phosphoric ester groups is 1. The summed E-state index contributed by atoms with van der Waals surface area (Å²) in [5.41, 5.74) is 0. The van der Waals surface area contributed by atoms with E-state index >= 15 is 0 Å². The van der Waals surface area contributed by atoms with Crippen LogP contribution in [0.2, 0.25) is 0 Å². The quantitative estimate of drug-likeness (QED) is 0.0135. The maximum Gasteiger partial charge on any atom is 0.472 e. The molecule has 0 saturated heterocycles. The maximum atomic E-state index is 12.6. The van der Waals surface area contributed by atoms with Gasteiger partial charge in [-0.1, -0.05) is 142 Å². The number of ether oxygens (including phenoxy) is 2. The van der Waals surface area contributed by atoms with E-state index in [1.807, 2.05) is 54.7 Å². The number of hydrogen-bond donors (Lipinski definition) is 3. The van der Waals surface area contributed by atoms with Gasteiger partial charge in [-0.15, -0.1) is 0 Å². The van der Waals surface area contributed by atoms with Crippen molar-refractivity contribution in [3.63, 3.8) is 0 Å². The van der Waals surface area contributed by atoms with Crippen LogP contribution in [0.5, 0.6) is 0 Å². The third-order valence-electron chi connectivity index (χ3n) is 8.09. The van der Waals surface area contributed by atoms with Gasteiger partial charge in [0, 0.05) is 19.3 Å². The zero-order valence-corrected chi connectivity index (χ0v) is 37.0. The molecule has 3 atom stereocenters. The van der Waals surface area contributed by atoms with E-state index in [-0.39, 0.29) is 18.6 Å². The molecule has 0 spiro atoms. The number of phosphoric acid groups is 1. The highest BCUT2D eigenvalue weighted by Gasteiger charge is 2.27. The number of aliphatic hydroxyl groups is 2. The molecular formula is C48H73O11P. The molecule has 0 heterocycles. The molecule has 0 aliphatic rings.